The Bertz CT molecular complexity index is 253. The monoisotopic (exact) mass is 194 g/mol. The van der Waals surface area contributed by atoms with Crippen LogP contribution in [-0.2, 0) is 13.0 Å². The standard InChI is InChI=1S/C12H22N2/c1-4-9-14-10-5-6-12(14)8-7-11(2)13-3/h5-6,10-11,13H,4,7-9H2,1-3H3. The van der Waals surface area contributed by atoms with Gasteiger partial charge in [0.15, 0.2) is 0 Å². The molecule has 0 aliphatic carbocycles. The molecule has 2 heteroatoms. The molecule has 1 unspecified atom stereocenters. The van der Waals surface area contributed by atoms with Gasteiger partial charge >= 0.3 is 0 Å². The van der Waals surface area contributed by atoms with Crippen molar-refractivity contribution in [2.24, 2.45) is 0 Å². The number of nitrogens with one attached hydrogen (secondary N) is 1. The Hall–Kier alpha value is -0.760. The maximum Gasteiger partial charge on any atom is 0.0219 e. The van der Waals surface area contributed by atoms with Crippen molar-refractivity contribution < 1.29 is 0 Å². The third-order valence-electron chi connectivity index (χ3n) is 2.71. The van der Waals surface area contributed by atoms with Gasteiger partial charge in [-0.1, -0.05) is 6.92 Å². The summed E-state index contributed by atoms with van der Waals surface area (Å²) < 4.78 is 2.36. The molecule has 0 aliphatic rings. The average molecular weight is 194 g/mol. The van der Waals surface area contributed by atoms with E-state index in [1.165, 1.54) is 25.0 Å². The minimum Gasteiger partial charge on any atom is -0.351 e. The van der Waals surface area contributed by atoms with Gasteiger partial charge in [0.05, 0.1) is 0 Å². The highest BCUT2D eigenvalue weighted by Gasteiger charge is 2.02. The van der Waals surface area contributed by atoms with Crippen LogP contribution in [0, 0.1) is 0 Å². The number of hydrogen-bond acceptors (Lipinski definition) is 1. The van der Waals surface area contributed by atoms with Gasteiger partial charge in [0, 0.05) is 24.5 Å². The fourth-order valence-electron chi connectivity index (χ4n) is 1.64. The van der Waals surface area contributed by atoms with Gasteiger partial charge in [-0.2, -0.15) is 0 Å². The molecule has 14 heavy (non-hydrogen) atoms. The number of rotatable bonds is 6. The van der Waals surface area contributed by atoms with E-state index >= 15 is 0 Å². The van der Waals surface area contributed by atoms with Crippen LogP contribution in [0.1, 0.15) is 32.4 Å². The van der Waals surface area contributed by atoms with E-state index in [0.29, 0.717) is 6.04 Å². The van der Waals surface area contributed by atoms with Gasteiger partial charge in [0.1, 0.15) is 0 Å². The first-order chi connectivity index (χ1) is 6.77. The second kappa shape index (κ2) is 5.86. The Morgan fingerprint density at radius 3 is 2.93 bits per heavy atom. The molecule has 1 atom stereocenters. The maximum atomic E-state index is 3.27. The molecule has 1 rings (SSSR count). The molecule has 0 aromatic carbocycles. The quantitative estimate of drug-likeness (QED) is 0.736. The van der Waals surface area contributed by atoms with E-state index in [4.69, 9.17) is 0 Å². The van der Waals surface area contributed by atoms with Crippen molar-refractivity contribution in [3.05, 3.63) is 24.0 Å². The average Bonchev–Trinajstić information content (AvgIpc) is 2.62. The van der Waals surface area contributed by atoms with Gasteiger partial charge in [0.25, 0.3) is 0 Å². The number of hydrogen-bond donors (Lipinski definition) is 1. The minimum absolute atomic E-state index is 0.611. The molecule has 80 valence electrons. The summed E-state index contributed by atoms with van der Waals surface area (Å²) in [7, 11) is 2.02. The summed E-state index contributed by atoms with van der Waals surface area (Å²) in [6, 6.07) is 4.99. The molecule has 0 amide bonds. The van der Waals surface area contributed by atoms with Crippen LogP contribution < -0.4 is 5.32 Å². The van der Waals surface area contributed by atoms with Crippen LogP contribution in [0.3, 0.4) is 0 Å². The molecule has 0 radical (unpaired) electrons. The summed E-state index contributed by atoms with van der Waals surface area (Å²) >= 11 is 0. The molecular formula is C12H22N2. The van der Waals surface area contributed by atoms with Crippen LogP contribution in [0.2, 0.25) is 0 Å². The van der Waals surface area contributed by atoms with Crippen LogP contribution in [0.4, 0.5) is 0 Å². The summed E-state index contributed by atoms with van der Waals surface area (Å²) in [4.78, 5) is 0. The lowest BCUT2D eigenvalue weighted by molar-refractivity contribution is 0.545. The van der Waals surface area contributed by atoms with Gasteiger partial charge < -0.3 is 9.88 Å². The molecule has 1 heterocycles. The molecule has 1 N–H and O–H groups in total. The smallest absolute Gasteiger partial charge is 0.0219 e. The zero-order valence-corrected chi connectivity index (χ0v) is 9.59. The highest BCUT2D eigenvalue weighted by Crippen LogP contribution is 2.07. The molecule has 1 aromatic heterocycles. The predicted molar refractivity (Wildman–Crippen MR) is 61.6 cm³/mol. The molecule has 0 bridgehead atoms. The number of aromatic nitrogens is 1. The molecule has 0 saturated heterocycles. The molecule has 1 aromatic rings. The normalized spacial score (nSPS) is 13.1. The Morgan fingerprint density at radius 2 is 2.29 bits per heavy atom. The second-order valence-corrected chi connectivity index (χ2v) is 3.92. The lowest BCUT2D eigenvalue weighted by Gasteiger charge is -2.11. The fourth-order valence-corrected chi connectivity index (χ4v) is 1.64. The second-order valence-electron chi connectivity index (χ2n) is 3.92. The van der Waals surface area contributed by atoms with Crippen molar-refractivity contribution in [1.29, 1.82) is 0 Å². The van der Waals surface area contributed by atoms with E-state index in [1.54, 1.807) is 0 Å². The molecule has 0 spiro atoms. The van der Waals surface area contributed by atoms with Gasteiger partial charge in [-0.15, -0.1) is 0 Å². The van der Waals surface area contributed by atoms with Gasteiger partial charge in [-0.3, -0.25) is 0 Å². The Kier molecular flexibility index (Phi) is 4.74. The van der Waals surface area contributed by atoms with E-state index in [-0.39, 0.29) is 0 Å². The summed E-state index contributed by atoms with van der Waals surface area (Å²) in [5, 5.41) is 3.27. The van der Waals surface area contributed by atoms with E-state index in [0.717, 1.165) is 6.54 Å². The highest BCUT2D eigenvalue weighted by atomic mass is 15.0. The van der Waals surface area contributed by atoms with Gasteiger partial charge in [-0.25, -0.2) is 0 Å². The van der Waals surface area contributed by atoms with E-state index in [9.17, 15) is 0 Å². The summed E-state index contributed by atoms with van der Waals surface area (Å²) in [6.45, 7) is 5.60. The molecule has 2 nitrogen and oxygen atoms in total. The van der Waals surface area contributed by atoms with Crippen molar-refractivity contribution in [3.63, 3.8) is 0 Å². The van der Waals surface area contributed by atoms with E-state index in [1.807, 2.05) is 7.05 Å². The summed E-state index contributed by atoms with van der Waals surface area (Å²) in [6.07, 6.45) is 5.78. The first-order valence-corrected chi connectivity index (χ1v) is 5.59. The first kappa shape index (κ1) is 11.3. The Morgan fingerprint density at radius 1 is 1.50 bits per heavy atom. The maximum absolute atomic E-state index is 3.27. The van der Waals surface area contributed by atoms with Crippen molar-refractivity contribution in [2.75, 3.05) is 7.05 Å². The predicted octanol–water partition coefficient (Wildman–Crippen LogP) is 2.44. The SMILES string of the molecule is CCCn1cccc1CCC(C)NC. The van der Waals surface area contributed by atoms with Crippen molar-refractivity contribution in [2.45, 2.75) is 45.7 Å². The largest absolute Gasteiger partial charge is 0.351 e. The van der Waals surface area contributed by atoms with E-state index < -0.39 is 0 Å². The van der Waals surface area contributed by atoms with Crippen molar-refractivity contribution >= 4 is 0 Å². The molecule has 0 aliphatic heterocycles. The first-order valence-electron chi connectivity index (χ1n) is 5.59. The van der Waals surface area contributed by atoms with Crippen molar-refractivity contribution in [3.8, 4) is 0 Å². The number of nitrogens with zero attached hydrogens (tertiary/aromatic N) is 1. The summed E-state index contributed by atoms with van der Waals surface area (Å²) in [5.74, 6) is 0. The molecule has 0 fully saturated rings. The summed E-state index contributed by atoms with van der Waals surface area (Å²) in [5.41, 5.74) is 1.47. The van der Waals surface area contributed by atoms with Gasteiger partial charge in [0.2, 0.25) is 0 Å². The number of aryl methyl sites for hydroxylation is 2. The zero-order chi connectivity index (χ0) is 10.4. The molecule has 0 saturated carbocycles. The minimum atomic E-state index is 0.611. The van der Waals surface area contributed by atoms with E-state index in [2.05, 4.69) is 42.1 Å². The third kappa shape index (κ3) is 3.18. The molecular weight excluding hydrogens is 172 g/mol. The van der Waals surface area contributed by atoms with Crippen molar-refractivity contribution in [1.82, 2.24) is 9.88 Å². The van der Waals surface area contributed by atoms with Crippen LogP contribution in [0.15, 0.2) is 18.3 Å². The topological polar surface area (TPSA) is 17.0 Å². The Balaban J connectivity index is 2.45. The lowest BCUT2D eigenvalue weighted by Crippen LogP contribution is -2.22. The zero-order valence-electron chi connectivity index (χ0n) is 9.59. The van der Waals surface area contributed by atoms with Crippen LogP contribution in [0.25, 0.3) is 0 Å². The van der Waals surface area contributed by atoms with Gasteiger partial charge in [-0.05, 0) is 45.4 Å². The fraction of sp³-hybridized carbons (Fsp3) is 0.667. The Labute approximate surface area is 87.3 Å². The third-order valence-corrected chi connectivity index (χ3v) is 2.71. The van der Waals surface area contributed by atoms with Crippen LogP contribution >= 0.6 is 0 Å². The lowest BCUT2D eigenvalue weighted by atomic mass is 10.1. The highest BCUT2D eigenvalue weighted by molar-refractivity contribution is 5.07. The van der Waals surface area contributed by atoms with Crippen LogP contribution in [-0.4, -0.2) is 17.7 Å². The van der Waals surface area contributed by atoms with Crippen LogP contribution in [0.5, 0.6) is 0 Å².